The number of hydrogen-bond donors (Lipinski definition) is 2. The van der Waals surface area contributed by atoms with Crippen LogP contribution in [0.4, 0.5) is 0 Å². The summed E-state index contributed by atoms with van der Waals surface area (Å²) in [5, 5.41) is 17.8. The number of hydrogen-bond acceptors (Lipinski definition) is 4. The van der Waals surface area contributed by atoms with Gasteiger partial charge in [-0.15, -0.1) is 0 Å². The minimum atomic E-state index is -0.361. The summed E-state index contributed by atoms with van der Waals surface area (Å²) >= 11 is 0. The Hall–Kier alpha value is -1.39. The molecule has 0 rings (SSSR count). The summed E-state index contributed by atoms with van der Waals surface area (Å²) in [6.07, 6.45) is 23.4. The first-order chi connectivity index (χ1) is 12.7. The SMILES string of the molecule is CC/C=C\C/C=C\C/C=C\CCCCCCCC(=O)OCC(CO)CO. The van der Waals surface area contributed by atoms with Gasteiger partial charge in [0.25, 0.3) is 0 Å². The third-order valence-corrected chi connectivity index (χ3v) is 4.03. The van der Waals surface area contributed by atoms with E-state index in [2.05, 4.69) is 43.4 Å². The summed E-state index contributed by atoms with van der Waals surface area (Å²) < 4.78 is 5.03. The van der Waals surface area contributed by atoms with Gasteiger partial charge in [0.1, 0.15) is 0 Å². The fraction of sp³-hybridized carbons (Fsp3) is 0.682. The number of carbonyl (C=O) groups is 1. The molecule has 150 valence electrons. The monoisotopic (exact) mass is 366 g/mol. The molecular weight excluding hydrogens is 328 g/mol. The molecule has 0 amide bonds. The number of rotatable bonds is 17. The second-order valence-electron chi connectivity index (χ2n) is 6.51. The maximum atomic E-state index is 11.5. The molecular formula is C22H38O4. The lowest BCUT2D eigenvalue weighted by molar-refractivity contribution is -0.146. The van der Waals surface area contributed by atoms with Gasteiger partial charge in [0.05, 0.1) is 19.8 Å². The highest BCUT2D eigenvalue weighted by molar-refractivity contribution is 5.69. The Morgan fingerprint density at radius 3 is 2.08 bits per heavy atom. The summed E-state index contributed by atoms with van der Waals surface area (Å²) in [7, 11) is 0. The number of aliphatic hydroxyl groups excluding tert-OH is 2. The van der Waals surface area contributed by atoms with E-state index < -0.39 is 0 Å². The van der Waals surface area contributed by atoms with Gasteiger partial charge in [-0.2, -0.15) is 0 Å². The van der Waals surface area contributed by atoms with Crippen molar-refractivity contribution in [3.05, 3.63) is 36.5 Å². The molecule has 0 aliphatic rings. The predicted molar refractivity (Wildman–Crippen MR) is 108 cm³/mol. The zero-order chi connectivity index (χ0) is 19.3. The molecule has 0 atom stereocenters. The van der Waals surface area contributed by atoms with Gasteiger partial charge in [0.2, 0.25) is 0 Å². The van der Waals surface area contributed by atoms with Gasteiger partial charge in [-0.25, -0.2) is 0 Å². The first kappa shape index (κ1) is 24.6. The van der Waals surface area contributed by atoms with Gasteiger partial charge in [0.15, 0.2) is 0 Å². The van der Waals surface area contributed by atoms with Crippen molar-refractivity contribution in [2.75, 3.05) is 19.8 Å². The van der Waals surface area contributed by atoms with E-state index in [1.165, 1.54) is 12.8 Å². The van der Waals surface area contributed by atoms with Crippen LogP contribution >= 0.6 is 0 Å². The number of allylic oxidation sites excluding steroid dienone is 6. The summed E-state index contributed by atoms with van der Waals surface area (Å²) in [4.78, 5) is 11.5. The van der Waals surface area contributed by atoms with Crippen molar-refractivity contribution in [2.24, 2.45) is 5.92 Å². The van der Waals surface area contributed by atoms with Gasteiger partial charge in [0, 0.05) is 12.3 Å². The molecule has 0 bridgehead atoms. The molecule has 0 aromatic carbocycles. The van der Waals surface area contributed by atoms with Crippen molar-refractivity contribution in [1.82, 2.24) is 0 Å². The minimum Gasteiger partial charge on any atom is -0.465 e. The highest BCUT2D eigenvalue weighted by Crippen LogP contribution is 2.09. The van der Waals surface area contributed by atoms with Crippen molar-refractivity contribution in [1.29, 1.82) is 0 Å². The van der Waals surface area contributed by atoms with Crippen LogP contribution in [0.15, 0.2) is 36.5 Å². The molecule has 0 saturated heterocycles. The van der Waals surface area contributed by atoms with Crippen molar-refractivity contribution >= 4 is 5.97 Å². The Kier molecular flexibility index (Phi) is 18.9. The molecule has 0 heterocycles. The molecule has 0 aliphatic heterocycles. The Labute approximate surface area is 159 Å². The quantitative estimate of drug-likeness (QED) is 0.222. The number of aliphatic hydroxyl groups is 2. The van der Waals surface area contributed by atoms with E-state index in [1.54, 1.807) is 0 Å². The van der Waals surface area contributed by atoms with Crippen molar-refractivity contribution in [3.8, 4) is 0 Å². The van der Waals surface area contributed by atoms with Crippen molar-refractivity contribution in [2.45, 2.75) is 71.1 Å². The van der Waals surface area contributed by atoms with Gasteiger partial charge in [-0.05, 0) is 38.5 Å². The number of carbonyl (C=O) groups excluding carboxylic acids is 1. The van der Waals surface area contributed by atoms with E-state index in [0.717, 1.165) is 44.9 Å². The van der Waals surface area contributed by atoms with Gasteiger partial charge >= 0.3 is 5.97 Å². The van der Waals surface area contributed by atoms with Crippen LogP contribution in [0.1, 0.15) is 71.1 Å². The summed E-state index contributed by atoms with van der Waals surface area (Å²) in [5.41, 5.74) is 0. The predicted octanol–water partition coefficient (Wildman–Crippen LogP) is 4.72. The lowest BCUT2D eigenvalue weighted by Gasteiger charge is -2.11. The fourth-order valence-corrected chi connectivity index (χ4v) is 2.33. The Morgan fingerprint density at radius 1 is 0.846 bits per heavy atom. The van der Waals surface area contributed by atoms with E-state index in [-0.39, 0.29) is 31.7 Å². The number of esters is 1. The topological polar surface area (TPSA) is 66.8 Å². The molecule has 0 fully saturated rings. The Morgan fingerprint density at radius 2 is 1.42 bits per heavy atom. The van der Waals surface area contributed by atoms with Crippen LogP contribution in [0.5, 0.6) is 0 Å². The minimum absolute atomic E-state index is 0.1000. The van der Waals surface area contributed by atoms with Crippen molar-refractivity contribution < 1.29 is 19.7 Å². The summed E-state index contributed by atoms with van der Waals surface area (Å²) in [5.74, 6) is -0.599. The average molecular weight is 367 g/mol. The van der Waals surface area contributed by atoms with Crippen LogP contribution in [0, 0.1) is 5.92 Å². The molecule has 0 aliphatic carbocycles. The molecule has 0 aromatic rings. The zero-order valence-corrected chi connectivity index (χ0v) is 16.4. The number of unbranched alkanes of at least 4 members (excludes halogenated alkanes) is 5. The molecule has 26 heavy (non-hydrogen) atoms. The average Bonchev–Trinajstić information content (AvgIpc) is 2.65. The van der Waals surface area contributed by atoms with E-state index in [9.17, 15) is 4.79 Å². The largest absolute Gasteiger partial charge is 0.465 e. The van der Waals surface area contributed by atoms with Crippen LogP contribution in [0.3, 0.4) is 0 Å². The standard InChI is InChI=1S/C22H38O4/c1-2-3-4-5-6-7-8-9-10-11-12-13-14-15-16-17-22(25)26-20-21(18-23)19-24/h3-4,6-7,9-10,21,23-24H,2,5,8,11-20H2,1H3/b4-3-,7-6-,10-9-. The maximum Gasteiger partial charge on any atom is 0.305 e. The lowest BCUT2D eigenvalue weighted by atomic mass is 10.1. The second kappa shape index (κ2) is 19.9. The van der Waals surface area contributed by atoms with Crippen molar-refractivity contribution in [3.63, 3.8) is 0 Å². The van der Waals surface area contributed by atoms with E-state index in [1.807, 2.05) is 0 Å². The normalized spacial score (nSPS) is 12.2. The van der Waals surface area contributed by atoms with Crippen LogP contribution in [-0.2, 0) is 9.53 Å². The molecule has 0 aromatic heterocycles. The second-order valence-corrected chi connectivity index (χ2v) is 6.51. The van der Waals surface area contributed by atoms with E-state index in [4.69, 9.17) is 14.9 Å². The lowest BCUT2D eigenvalue weighted by Crippen LogP contribution is -2.20. The highest BCUT2D eigenvalue weighted by Gasteiger charge is 2.09. The molecule has 4 heteroatoms. The van der Waals surface area contributed by atoms with Gasteiger partial charge < -0.3 is 14.9 Å². The third-order valence-electron chi connectivity index (χ3n) is 4.03. The molecule has 0 radical (unpaired) electrons. The van der Waals surface area contributed by atoms with Crippen LogP contribution < -0.4 is 0 Å². The van der Waals surface area contributed by atoms with Gasteiger partial charge in [-0.3, -0.25) is 4.79 Å². The van der Waals surface area contributed by atoms with Crippen LogP contribution in [0.25, 0.3) is 0 Å². The molecule has 4 nitrogen and oxygen atoms in total. The van der Waals surface area contributed by atoms with E-state index >= 15 is 0 Å². The first-order valence-electron chi connectivity index (χ1n) is 10.1. The summed E-state index contributed by atoms with van der Waals surface area (Å²) in [6, 6.07) is 0. The van der Waals surface area contributed by atoms with Crippen LogP contribution in [0.2, 0.25) is 0 Å². The highest BCUT2D eigenvalue weighted by atomic mass is 16.5. The van der Waals surface area contributed by atoms with Gasteiger partial charge in [-0.1, -0.05) is 62.6 Å². The molecule has 2 N–H and O–H groups in total. The van der Waals surface area contributed by atoms with E-state index in [0.29, 0.717) is 6.42 Å². The smallest absolute Gasteiger partial charge is 0.305 e. The first-order valence-corrected chi connectivity index (χ1v) is 10.1. The zero-order valence-electron chi connectivity index (χ0n) is 16.4. The molecule has 0 spiro atoms. The number of ether oxygens (including phenoxy) is 1. The Balaban J connectivity index is 3.39. The van der Waals surface area contributed by atoms with Crippen LogP contribution in [-0.4, -0.2) is 36.0 Å². The Bertz CT molecular complexity index is 395. The summed E-state index contributed by atoms with van der Waals surface area (Å²) in [6.45, 7) is 1.92. The fourth-order valence-electron chi connectivity index (χ4n) is 2.33. The molecule has 0 saturated carbocycles. The maximum absolute atomic E-state index is 11.5. The molecule has 0 unspecified atom stereocenters. The third kappa shape index (κ3) is 17.4.